The molecule has 1 aromatic carbocycles. The molecule has 0 N–H and O–H groups in total. The Hall–Kier alpha value is -2.45. The SMILES string of the molecule is C[C@@]12C=C[C@@H](O1)[C@H]1C(=O)N(c3ccc(C#N)cc3)C(=O)[C@@H]12. The van der Waals surface area contributed by atoms with Crippen molar-refractivity contribution < 1.29 is 14.3 Å². The van der Waals surface area contributed by atoms with E-state index in [-0.39, 0.29) is 17.9 Å². The zero-order valence-electron chi connectivity index (χ0n) is 11.3. The number of carbonyl (C=O) groups is 2. The van der Waals surface area contributed by atoms with Gasteiger partial charge in [0.1, 0.15) is 0 Å². The average Bonchev–Trinajstić information content (AvgIpc) is 3.09. The highest BCUT2D eigenvalue weighted by Crippen LogP contribution is 2.52. The summed E-state index contributed by atoms with van der Waals surface area (Å²) in [5, 5.41) is 8.82. The topological polar surface area (TPSA) is 70.4 Å². The van der Waals surface area contributed by atoms with Gasteiger partial charge in [-0.05, 0) is 31.2 Å². The quantitative estimate of drug-likeness (QED) is 0.576. The molecule has 2 bridgehead atoms. The molecule has 1 aromatic rings. The van der Waals surface area contributed by atoms with E-state index in [1.54, 1.807) is 24.3 Å². The number of benzene rings is 1. The van der Waals surface area contributed by atoms with Gasteiger partial charge < -0.3 is 4.74 Å². The molecule has 2 fully saturated rings. The molecule has 4 rings (SSSR count). The molecule has 0 aliphatic carbocycles. The first-order valence-corrected chi connectivity index (χ1v) is 6.80. The first kappa shape index (κ1) is 12.3. The molecule has 0 saturated carbocycles. The molecule has 5 nitrogen and oxygen atoms in total. The fraction of sp³-hybridized carbons (Fsp3) is 0.312. The van der Waals surface area contributed by atoms with Crippen molar-refractivity contribution in [2.75, 3.05) is 4.90 Å². The molecule has 0 radical (unpaired) electrons. The summed E-state index contributed by atoms with van der Waals surface area (Å²) in [6, 6.07) is 8.50. The second kappa shape index (κ2) is 3.80. The molecule has 0 spiro atoms. The molecule has 3 heterocycles. The molecule has 2 amide bonds. The van der Waals surface area contributed by atoms with E-state index in [1.165, 1.54) is 4.90 Å². The lowest BCUT2D eigenvalue weighted by Crippen LogP contribution is -2.38. The van der Waals surface area contributed by atoms with E-state index >= 15 is 0 Å². The van der Waals surface area contributed by atoms with Gasteiger partial charge in [-0.25, -0.2) is 4.90 Å². The smallest absolute Gasteiger partial charge is 0.241 e. The van der Waals surface area contributed by atoms with E-state index in [0.717, 1.165) is 0 Å². The van der Waals surface area contributed by atoms with Crippen molar-refractivity contribution in [3.8, 4) is 6.07 Å². The maximum Gasteiger partial charge on any atom is 0.241 e. The lowest BCUT2D eigenvalue weighted by atomic mass is 9.78. The fourth-order valence-electron chi connectivity index (χ4n) is 3.59. The van der Waals surface area contributed by atoms with Crippen LogP contribution in [0.5, 0.6) is 0 Å². The monoisotopic (exact) mass is 280 g/mol. The Bertz CT molecular complexity index is 731. The highest BCUT2D eigenvalue weighted by Gasteiger charge is 2.65. The minimum absolute atomic E-state index is 0.215. The van der Waals surface area contributed by atoms with Crippen LogP contribution in [0, 0.1) is 23.2 Å². The molecule has 5 heteroatoms. The maximum atomic E-state index is 12.7. The number of hydrogen-bond donors (Lipinski definition) is 0. The molecular formula is C16H12N2O3. The number of hydrogen-bond acceptors (Lipinski definition) is 4. The van der Waals surface area contributed by atoms with Gasteiger partial charge in [0.15, 0.2) is 0 Å². The second-order valence-electron chi connectivity index (χ2n) is 5.80. The number of ether oxygens (including phenoxy) is 1. The van der Waals surface area contributed by atoms with Crippen LogP contribution in [-0.4, -0.2) is 23.5 Å². The van der Waals surface area contributed by atoms with Crippen molar-refractivity contribution in [2.24, 2.45) is 11.8 Å². The third-order valence-corrected chi connectivity index (χ3v) is 4.58. The molecule has 3 aliphatic heterocycles. The predicted octanol–water partition coefficient (Wildman–Crippen LogP) is 1.39. The first-order chi connectivity index (χ1) is 10.0. The van der Waals surface area contributed by atoms with Crippen LogP contribution in [-0.2, 0) is 14.3 Å². The lowest BCUT2D eigenvalue weighted by Gasteiger charge is -2.24. The normalized spacial score (nSPS) is 36.2. The molecule has 0 aromatic heterocycles. The Morgan fingerprint density at radius 1 is 1.24 bits per heavy atom. The number of nitrogens with zero attached hydrogens (tertiary/aromatic N) is 2. The summed E-state index contributed by atoms with van der Waals surface area (Å²) in [6.45, 7) is 1.85. The number of rotatable bonds is 1. The van der Waals surface area contributed by atoms with Crippen molar-refractivity contribution in [3.05, 3.63) is 42.0 Å². The Morgan fingerprint density at radius 3 is 2.57 bits per heavy atom. The molecular weight excluding hydrogens is 268 g/mol. The van der Waals surface area contributed by atoms with Crippen LogP contribution in [0.4, 0.5) is 5.69 Å². The van der Waals surface area contributed by atoms with Crippen LogP contribution in [0.15, 0.2) is 36.4 Å². The number of fused-ring (bicyclic) bond motifs is 5. The third-order valence-electron chi connectivity index (χ3n) is 4.58. The van der Waals surface area contributed by atoms with Crippen LogP contribution in [0.2, 0.25) is 0 Å². The minimum atomic E-state index is -0.677. The Kier molecular flexibility index (Phi) is 2.23. The number of anilines is 1. The zero-order chi connectivity index (χ0) is 14.8. The van der Waals surface area contributed by atoms with Gasteiger partial charge in [0, 0.05) is 0 Å². The molecule has 3 aliphatic rings. The van der Waals surface area contributed by atoms with E-state index in [9.17, 15) is 9.59 Å². The molecule has 0 unspecified atom stereocenters. The van der Waals surface area contributed by atoms with Crippen molar-refractivity contribution in [3.63, 3.8) is 0 Å². The summed E-state index contributed by atoms with van der Waals surface area (Å²) < 4.78 is 5.77. The summed E-state index contributed by atoms with van der Waals surface area (Å²) in [5.74, 6) is -1.31. The van der Waals surface area contributed by atoms with Crippen LogP contribution in [0.1, 0.15) is 12.5 Å². The molecule has 21 heavy (non-hydrogen) atoms. The molecule has 104 valence electrons. The summed E-state index contributed by atoms with van der Waals surface area (Å²) in [7, 11) is 0. The van der Waals surface area contributed by atoms with Gasteiger partial charge in [-0.1, -0.05) is 12.2 Å². The number of carbonyl (C=O) groups excluding carboxylic acids is 2. The van der Waals surface area contributed by atoms with Crippen LogP contribution in [0.3, 0.4) is 0 Å². The number of imide groups is 1. The largest absolute Gasteiger partial charge is 0.362 e. The van der Waals surface area contributed by atoms with Gasteiger partial charge in [0.05, 0.1) is 40.9 Å². The average molecular weight is 280 g/mol. The zero-order valence-corrected chi connectivity index (χ0v) is 11.3. The van der Waals surface area contributed by atoms with E-state index in [4.69, 9.17) is 10.00 Å². The van der Waals surface area contributed by atoms with Gasteiger partial charge in [-0.15, -0.1) is 0 Å². The number of amides is 2. The fourth-order valence-corrected chi connectivity index (χ4v) is 3.59. The van der Waals surface area contributed by atoms with E-state index in [2.05, 4.69) is 0 Å². The van der Waals surface area contributed by atoms with Crippen LogP contribution in [0.25, 0.3) is 0 Å². The second-order valence-corrected chi connectivity index (χ2v) is 5.80. The van der Waals surface area contributed by atoms with Crippen molar-refractivity contribution in [2.45, 2.75) is 18.6 Å². The van der Waals surface area contributed by atoms with Crippen LogP contribution < -0.4 is 4.90 Å². The van der Waals surface area contributed by atoms with Crippen molar-refractivity contribution in [1.82, 2.24) is 0 Å². The van der Waals surface area contributed by atoms with E-state index in [0.29, 0.717) is 11.3 Å². The summed E-state index contributed by atoms with van der Waals surface area (Å²) in [6.07, 6.45) is 3.45. The summed E-state index contributed by atoms with van der Waals surface area (Å²) >= 11 is 0. The van der Waals surface area contributed by atoms with Crippen LogP contribution >= 0.6 is 0 Å². The molecule has 2 saturated heterocycles. The van der Waals surface area contributed by atoms with Gasteiger partial charge in [0.2, 0.25) is 11.8 Å². The first-order valence-electron chi connectivity index (χ1n) is 6.80. The Labute approximate surface area is 121 Å². The van der Waals surface area contributed by atoms with E-state index in [1.807, 2.05) is 25.1 Å². The molecule has 4 atom stereocenters. The van der Waals surface area contributed by atoms with Gasteiger partial charge in [0.25, 0.3) is 0 Å². The maximum absolute atomic E-state index is 12.7. The standard InChI is InChI=1S/C16H12N2O3/c1-16-7-6-11(21-16)12-13(16)15(20)18(14(12)19)10-4-2-9(8-17)3-5-10/h2-7,11-13H,1H3/t11-,12-,13-,16+/m1/s1. The Morgan fingerprint density at radius 2 is 1.95 bits per heavy atom. The lowest BCUT2D eigenvalue weighted by molar-refractivity contribution is -0.126. The van der Waals surface area contributed by atoms with Gasteiger partial charge in [-0.3, -0.25) is 9.59 Å². The van der Waals surface area contributed by atoms with Gasteiger partial charge in [-0.2, -0.15) is 5.26 Å². The van der Waals surface area contributed by atoms with Crippen molar-refractivity contribution in [1.29, 1.82) is 5.26 Å². The highest BCUT2D eigenvalue weighted by molar-refractivity contribution is 6.23. The Balaban J connectivity index is 1.75. The van der Waals surface area contributed by atoms with Crippen molar-refractivity contribution >= 4 is 17.5 Å². The summed E-state index contributed by atoms with van der Waals surface area (Å²) in [5.41, 5.74) is 0.333. The number of nitriles is 1. The van der Waals surface area contributed by atoms with Gasteiger partial charge >= 0.3 is 0 Å². The predicted molar refractivity (Wildman–Crippen MR) is 73.0 cm³/mol. The highest BCUT2D eigenvalue weighted by atomic mass is 16.5. The third kappa shape index (κ3) is 1.43. The summed E-state index contributed by atoms with van der Waals surface area (Å²) in [4.78, 5) is 26.5. The minimum Gasteiger partial charge on any atom is -0.362 e. The van der Waals surface area contributed by atoms with E-state index < -0.39 is 17.4 Å².